The van der Waals surface area contributed by atoms with Gasteiger partial charge in [-0.15, -0.1) is 0 Å². The van der Waals surface area contributed by atoms with Crippen LogP contribution < -0.4 is 0 Å². The van der Waals surface area contributed by atoms with E-state index in [1.165, 1.54) is 13.8 Å². The third-order valence-electron chi connectivity index (χ3n) is 3.92. The lowest BCUT2D eigenvalue weighted by atomic mass is 9.87. The molecule has 0 saturated carbocycles. The standard InChI is InChI=1S/C15H17F13O2/c1-3-5-8(9(29)30-6-4-2)7-10(16,17)11(18,19)12(20,21)13(22,23)14(24,25)15(26,27)28/h8H,3-7H2,1-2H3. The zero-order valence-electron chi connectivity index (χ0n) is 15.3. The molecule has 0 aromatic carbocycles. The number of alkyl halides is 13. The second-order valence-electron chi connectivity index (χ2n) is 6.36. The van der Waals surface area contributed by atoms with Crippen molar-refractivity contribution in [3.8, 4) is 0 Å². The normalized spacial score (nSPS) is 15.8. The van der Waals surface area contributed by atoms with E-state index in [9.17, 15) is 61.9 Å². The Labute approximate surface area is 161 Å². The van der Waals surface area contributed by atoms with Gasteiger partial charge in [0.25, 0.3) is 0 Å². The number of halogens is 13. The van der Waals surface area contributed by atoms with E-state index < -0.39 is 67.1 Å². The molecular formula is C15H17F13O2. The Hall–Kier alpha value is -1.44. The van der Waals surface area contributed by atoms with Crippen molar-refractivity contribution in [2.45, 2.75) is 75.3 Å². The summed E-state index contributed by atoms with van der Waals surface area (Å²) in [7, 11) is 0. The van der Waals surface area contributed by atoms with Crippen molar-refractivity contribution in [2.24, 2.45) is 5.92 Å². The quantitative estimate of drug-likeness (QED) is 0.252. The monoisotopic (exact) mass is 476 g/mol. The summed E-state index contributed by atoms with van der Waals surface area (Å²) in [6.45, 7) is 2.28. The smallest absolute Gasteiger partial charge is 0.460 e. The average Bonchev–Trinajstić information content (AvgIpc) is 2.57. The molecule has 0 bridgehead atoms. The fraction of sp³-hybridized carbons (Fsp3) is 0.933. The Morgan fingerprint density at radius 1 is 0.700 bits per heavy atom. The van der Waals surface area contributed by atoms with Crippen LogP contribution in [0.2, 0.25) is 0 Å². The van der Waals surface area contributed by atoms with Gasteiger partial charge in [-0.1, -0.05) is 20.3 Å². The number of hydrogen-bond donors (Lipinski definition) is 0. The summed E-state index contributed by atoms with van der Waals surface area (Å²) in [5, 5.41) is 0. The zero-order chi connectivity index (χ0) is 24.4. The van der Waals surface area contributed by atoms with Crippen LogP contribution in [0, 0.1) is 5.92 Å². The minimum absolute atomic E-state index is 0.133. The molecule has 0 heterocycles. The maximum Gasteiger partial charge on any atom is 0.460 e. The van der Waals surface area contributed by atoms with Crippen LogP contribution in [0.15, 0.2) is 0 Å². The van der Waals surface area contributed by atoms with Crippen molar-refractivity contribution in [2.75, 3.05) is 6.61 Å². The average molecular weight is 476 g/mol. The van der Waals surface area contributed by atoms with Crippen molar-refractivity contribution in [1.82, 2.24) is 0 Å². The Morgan fingerprint density at radius 2 is 1.13 bits per heavy atom. The van der Waals surface area contributed by atoms with Gasteiger partial charge < -0.3 is 4.74 Å². The molecule has 0 fully saturated rings. The molecule has 0 rings (SSSR count). The predicted octanol–water partition coefficient (Wildman–Crippen LogP) is 6.48. The van der Waals surface area contributed by atoms with E-state index in [4.69, 9.17) is 0 Å². The van der Waals surface area contributed by atoms with E-state index in [1.807, 2.05) is 0 Å². The largest absolute Gasteiger partial charge is 0.465 e. The summed E-state index contributed by atoms with van der Waals surface area (Å²) in [6.07, 6.45) is -10.7. The van der Waals surface area contributed by atoms with Crippen LogP contribution in [0.1, 0.15) is 39.5 Å². The lowest BCUT2D eigenvalue weighted by Crippen LogP contribution is -2.70. The van der Waals surface area contributed by atoms with Crippen molar-refractivity contribution in [1.29, 1.82) is 0 Å². The third-order valence-corrected chi connectivity index (χ3v) is 3.92. The van der Waals surface area contributed by atoms with Gasteiger partial charge >= 0.3 is 41.8 Å². The van der Waals surface area contributed by atoms with Gasteiger partial charge in [-0.05, 0) is 12.8 Å². The van der Waals surface area contributed by atoms with Crippen molar-refractivity contribution < 1.29 is 66.6 Å². The van der Waals surface area contributed by atoms with E-state index in [1.54, 1.807) is 0 Å². The minimum atomic E-state index is -7.95. The van der Waals surface area contributed by atoms with Crippen LogP contribution >= 0.6 is 0 Å². The molecule has 0 saturated heterocycles. The first-order valence-corrected chi connectivity index (χ1v) is 8.28. The molecule has 0 aliphatic rings. The molecule has 0 aliphatic heterocycles. The first-order chi connectivity index (χ1) is 13.2. The van der Waals surface area contributed by atoms with Gasteiger partial charge in [0.05, 0.1) is 12.5 Å². The fourth-order valence-electron chi connectivity index (χ4n) is 2.21. The van der Waals surface area contributed by atoms with Gasteiger partial charge in [-0.25, -0.2) is 0 Å². The lowest BCUT2D eigenvalue weighted by molar-refractivity contribution is -0.440. The number of carbonyl (C=O) groups is 1. The first kappa shape index (κ1) is 28.6. The highest BCUT2D eigenvalue weighted by molar-refractivity contribution is 5.72. The highest BCUT2D eigenvalue weighted by atomic mass is 19.4. The molecule has 30 heavy (non-hydrogen) atoms. The van der Waals surface area contributed by atoms with Gasteiger partial charge in [0.2, 0.25) is 0 Å². The molecule has 0 amide bonds. The van der Waals surface area contributed by atoms with Gasteiger partial charge in [-0.3, -0.25) is 4.79 Å². The molecule has 0 spiro atoms. The Kier molecular flexibility index (Phi) is 8.54. The van der Waals surface area contributed by atoms with Gasteiger partial charge in [0.15, 0.2) is 0 Å². The van der Waals surface area contributed by atoms with E-state index in [-0.39, 0.29) is 12.8 Å². The molecule has 180 valence electrons. The van der Waals surface area contributed by atoms with Crippen molar-refractivity contribution in [3.05, 3.63) is 0 Å². The van der Waals surface area contributed by atoms with Crippen molar-refractivity contribution in [3.63, 3.8) is 0 Å². The number of ether oxygens (including phenoxy) is 1. The number of carbonyl (C=O) groups excluding carboxylic acids is 1. The topological polar surface area (TPSA) is 26.3 Å². The van der Waals surface area contributed by atoms with Crippen LogP contribution in [0.5, 0.6) is 0 Å². The van der Waals surface area contributed by atoms with E-state index in [0.717, 1.165) is 0 Å². The summed E-state index contributed by atoms with van der Waals surface area (Å²) in [5.74, 6) is -41.1. The maximum absolute atomic E-state index is 13.9. The molecule has 0 N–H and O–H groups in total. The van der Waals surface area contributed by atoms with Crippen LogP contribution in [0.25, 0.3) is 0 Å². The summed E-state index contributed by atoms with van der Waals surface area (Å²) in [4.78, 5) is 11.6. The molecule has 0 radical (unpaired) electrons. The first-order valence-electron chi connectivity index (χ1n) is 8.28. The molecule has 0 aromatic rings. The molecule has 0 aromatic heterocycles. The minimum Gasteiger partial charge on any atom is -0.465 e. The maximum atomic E-state index is 13.9. The van der Waals surface area contributed by atoms with Gasteiger partial charge in [0, 0.05) is 6.42 Å². The Balaban J connectivity index is 6.12. The van der Waals surface area contributed by atoms with E-state index in [0.29, 0.717) is 0 Å². The van der Waals surface area contributed by atoms with Crippen LogP contribution in [0.3, 0.4) is 0 Å². The fourth-order valence-corrected chi connectivity index (χ4v) is 2.21. The van der Waals surface area contributed by atoms with Crippen molar-refractivity contribution >= 4 is 5.97 Å². The number of hydrogen-bond acceptors (Lipinski definition) is 2. The summed E-state index contributed by atoms with van der Waals surface area (Å²) in [6, 6.07) is 0. The highest BCUT2D eigenvalue weighted by Crippen LogP contribution is 2.61. The second-order valence-corrected chi connectivity index (χ2v) is 6.36. The SMILES string of the molecule is CCCOC(=O)C(CCC)CC(F)(F)C(F)(F)C(F)(F)C(F)(F)C(F)(F)C(F)(F)F. The zero-order valence-corrected chi connectivity index (χ0v) is 15.3. The number of rotatable bonds is 11. The highest BCUT2D eigenvalue weighted by Gasteiger charge is 2.90. The van der Waals surface area contributed by atoms with E-state index >= 15 is 0 Å². The third kappa shape index (κ3) is 4.89. The summed E-state index contributed by atoms with van der Waals surface area (Å²) < 4.78 is 174. The predicted molar refractivity (Wildman–Crippen MR) is 75.1 cm³/mol. The summed E-state index contributed by atoms with van der Waals surface area (Å²) >= 11 is 0. The molecule has 15 heteroatoms. The molecular weight excluding hydrogens is 459 g/mol. The van der Waals surface area contributed by atoms with Crippen LogP contribution in [-0.4, -0.2) is 48.4 Å². The lowest BCUT2D eigenvalue weighted by Gasteiger charge is -2.40. The van der Waals surface area contributed by atoms with Crippen LogP contribution in [-0.2, 0) is 9.53 Å². The molecule has 1 atom stereocenters. The van der Waals surface area contributed by atoms with Gasteiger partial charge in [-0.2, -0.15) is 57.1 Å². The molecule has 0 aliphatic carbocycles. The van der Waals surface area contributed by atoms with Gasteiger partial charge in [0.1, 0.15) is 0 Å². The molecule has 2 nitrogen and oxygen atoms in total. The molecule has 1 unspecified atom stereocenters. The van der Waals surface area contributed by atoms with Crippen LogP contribution in [0.4, 0.5) is 57.1 Å². The number of esters is 1. The Bertz CT molecular complexity index is 584. The Morgan fingerprint density at radius 3 is 1.50 bits per heavy atom. The summed E-state index contributed by atoms with van der Waals surface area (Å²) in [5.41, 5.74) is 0. The second kappa shape index (κ2) is 8.97. The van der Waals surface area contributed by atoms with E-state index in [2.05, 4.69) is 4.74 Å².